The molecule has 0 saturated heterocycles. The first-order valence-corrected chi connectivity index (χ1v) is 6.99. The minimum atomic E-state index is -0.869. The Morgan fingerprint density at radius 3 is 2.75 bits per heavy atom. The highest BCUT2D eigenvalue weighted by Crippen LogP contribution is 2.32. The van der Waals surface area contributed by atoms with Gasteiger partial charge in [-0.1, -0.05) is 13.0 Å². The number of hydrogen-bond donors (Lipinski definition) is 1. The molecule has 0 aliphatic carbocycles. The Kier molecular flexibility index (Phi) is 5.76. The van der Waals surface area contributed by atoms with Gasteiger partial charge in [0.05, 0.1) is 18.6 Å². The molecule has 0 fully saturated rings. The molecule has 0 saturated carbocycles. The molecule has 0 aromatic carbocycles. The van der Waals surface area contributed by atoms with Gasteiger partial charge in [0.15, 0.2) is 0 Å². The first-order valence-electron chi connectivity index (χ1n) is 6.18. The molecule has 0 aliphatic rings. The summed E-state index contributed by atoms with van der Waals surface area (Å²) in [6.07, 6.45) is 1.69. The lowest BCUT2D eigenvalue weighted by atomic mass is 10.1. The maximum atomic E-state index is 11.8. The van der Waals surface area contributed by atoms with Crippen molar-refractivity contribution in [2.24, 2.45) is 5.92 Å². The summed E-state index contributed by atoms with van der Waals surface area (Å²) >= 11 is 1.44. The normalized spacial score (nSPS) is 11.8. The van der Waals surface area contributed by atoms with Crippen LogP contribution in [-0.2, 0) is 9.53 Å². The van der Waals surface area contributed by atoms with Crippen LogP contribution in [0.1, 0.15) is 22.2 Å². The van der Waals surface area contributed by atoms with E-state index < -0.39 is 17.9 Å². The summed E-state index contributed by atoms with van der Waals surface area (Å²) in [6.45, 7) is 8.00. The number of thiophene rings is 1. The van der Waals surface area contributed by atoms with E-state index in [1.165, 1.54) is 18.4 Å². The minimum Gasteiger partial charge on any atom is -0.481 e. The molecule has 0 amide bonds. The van der Waals surface area contributed by atoms with Crippen molar-refractivity contribution in [2.75, 3.05) is 25.1 Å². The number of carbonyl (C=O) groups is 2. The number of methoxy groups -OCH3 is 1. The first kappa shape index (κ1) is 16.2. The van der Waals surface area contributed by atoms with Gasteiger partial charge in [-0.05, 0) is 13.0 Å². The number of aryl methyl sites for hydroxylation is 1. The monoisotopic (exact) mass is 297 g/mol. The summed E-state index contributed by atoms with van der Waals surface area (Å²) in [5.74, 6) is -1.82. The highest BCUT2D eigenvalue weighted by atomic mass is 32.1. The average Bonchev–Trinajstić information content (AvgIpc) is 2.79. The number of carboxylic acids is 1. The standard InChI is InChI=1S/C14H19NO4S/c1-5-6-15(8-9(2)13(16)17)12-11(14(18)19-4)7-10(3)20-12/h5,7,9H,1,6,8H2,2-4H3,(H,16,17). The van der Waals surface area contributed by atoms with Crippen LogP contribution in [0.5, 0.6) is 0 Å². The third-order valence-electron chi connectivity index (χ3n) is 2.79. The summed E-state index contributed by atoms with van der Waals surface area (Å²) in [6, 6.07) is 1.76. The second kappa shape index (κ2) is 7.09. The van der Waals surface area contributed by atoms with Gasteiger partial charge in [-0.15, -0.1) is 17.9 Å². The van der Waals surface area contributed by atoms with E-state index in [4.69, 9.17) is 9.84 Å². The van der Waals surface area contributed by atoms with Crippen LogP contribution in [0.2, 0.25) is 0 Å². The van der Waals surface area contributed by atoms with E-state index in [-0.39, 0.29) is 0 Å². The van der Waals surface area contributed by atoms with Crippen LogP contribution in [-0.4, -0.2) is 37.2 Å². The lowest BCUT2D eigenvalue weighted by molar-refractivity contribution is -0.140. The number of nitrogens with zero attached hydrogens (tertiary/aromatic N) is 1. The van der Waals surface area contributed by atoms with Gasteiger partial charge in [0.1, 0.15) is 5.00 Å². The summed E-state index contributed by atoms with van der Waals surface area (Å²) in [4.78, 5) is 25.6. The summed E-state index contributed by atoms with van der Waals surface area (Å²) in [5, 5.41) is 9.76. The number of aliphatic carboxylic acids is 1. The number of carboxylic acid groups (broad SMARTS) is 1. The zero-order valence-electron chi connectivity index (χ0n) is 11.9. The average molecular weight is 297 g/mol. The molecule has 1 heterocycles. The number of carbonyl (C=O) groups excluding carboxylic acids is 1. The summed E-state index contributed by atoms with van der Waals surface area (Å²) in [5.41, 5.74) is 0.467. The van der Waals surface area contributed by atoms with Crippen molar-refractivity contribution in [2.45, 2.75) is 13.8 Å². The van der Waals surface area contributed by atoms with E-state index in [2.05, 4.69) is 6.58 Å². The predicted octanol–water partition coefficient (Wildman–Crippen LogP) is 2.56. The second-order valence-electron chi connectivity index (χ2n) is 4.50. The summed E-state index contributed by atoms with van der Waals surface area (Å²) < 4.78 is 4.77. The van der Waals surface area contributed by atoms with Gasteiger partial charge in [-0.3, -0.25) is 4.79 Å². The highest BCUT2D eigenvalue weighted by Gasteiger charge is 2.23. The Hall–Kier alpha value is -1.82. The van der Waals surface area contributed by atoms with Crippen LogP contribution < -0.4 is 4.90 Å². The van der Waals surface area contributed by atoms with Crippen molar-refractivity contribution in [3.8, 4) is 0 Å². The van der Waals surface area contributed by atoms with E-state index in [0.717, 1.165) is 9.88 Å². The fourth-order valence-electron chi connectivity index (χ4n) is 1.80. The molecule has 1 unspecified atom stereocenters. The van der Waals surface area contributed by atoms with Gasteiger partial charge >= 0.3 is 11.9 Å². The molecular formula is C14H19NO4S. The van der Waals surface area contributed by atoms with Crippen LogP contribution in [0.4, 0.5) is 5.00 Å². The SMILES string of the molecule is C=CCN(CC(C)C(=O)O)c1sc(C)cc1C(=O)OC. The smallest absolute Gasteiger partial charge is 0.340 e. The van der Waals surface area contributed by atoms with Gasteiger partial charge in [0.2, 0.25) is 0 Å². The van der Waals surface area contributed by atoms with Crippen molar-refractivity contribution in [1.29, 1.82) is 0 Å². The van der Waals surface area contributed by atoms with Crippen LogP contribution in [0, 0.1) is 12.8 Å². The number of ether oxygens (including phenoxy) is 1. The molecule has 110 valence electrons. The molecule has 1 rings (SSSR count). The molecule has 20 heavy (non-hydrogen) atoms. The zero-order valence-corrected chi connectivity index (χ0v) is 12.7. The Labute approximate surface area is 122 Å². The number of anilines is 1. The Morgan fingerprint density at radius 2 is 2.25 bits per heavy atom. The Balaban J connectivity index is 3.11. The Bertz CT molecular complexity index is 509. The molecule has 1 N–H and O–H groups in total. The molecule has 0 spiro atoms. The second-order valence-corrected chi connectivity index (χ2v) is 5.74. The molecule has 0 aliphatic heterocycles. The van der Waals surface area contributed by atoms with Gasteiger partial charge in [0, 0.05) is 18.0 Å². The third-order valence-corrected chi connectivity index (χ3v) is 3.90. The predicted molar refractivity (Wildman–Crippen MR) is 79.6 cm³/mol. The Morgan fingerprint density at radius 1 is 1.60 bits per heavy atom. The molecular weight excluding hydrogens is 278 g/mol. The van der Waals surface area contributed by atoms with E-state index >= 15 is 0 Å². The van der Waals surface area contributed by atoms with Gasteiger partial charge in [-0.2, -0.15) is 0 Å². The molecule has 6 heteroatoms. The van der Waals surface area contributed by atoms with Crippen LogP contribution in [0.3, 0.4) is 0 Å². The maximum Gasteiger partial charge on any atom is 0.340 e. The van der Waals surface area contributed by atoms with E-state index in [0.29, 0.717) is 18.7 Å². The number of esters is 1. The molecule has 1 aromatic heterocycles. The first-order chi connectivity index (χ1) is 9.40. The lowest BCUT2D eigenvalue weighted by Gasteiger charge is -2.24. The van der Waals surface area contributed by atoms with Gasteiger partial charge in [0.25, 0.3) is 0 Å². The fourth-order valence-corrected chi connectivity index (χ4v) is 2.81. The number of hydrogen-bond acceptors (Lipinski definition) is 5. The molecule has 1 atom stereocenters. The maximum absolute atomic E-state index is 11.8. The summed E-state index contributed by atoms with van der Waals surface area (Å²) in [7, 11) is 1.33. The topological polar surface area (TPSA) is 66.8 Å². The largest absolute Gasteiger partial charge is 0.481 e. The number of rotatable bonds is 7. The van der Waals surface area contributed by atoms with E-state index in [1.807, 2.05) is 11.8 Å². The molecule has 1 aromatic rings. The van der Waals surface area contributed by atoms with Gasteiger partial charge < -0.3 is 14.7 Å². The van der Waals surface area contributed by atoms with Crippen molar-refractivity contribution in [3.63, 3.8) is 0 Å². The molecule has 5 nitrogen and oxygen atoms in total. The van der Waals surface area contributed by atoms with Crippen molar-refractivity contribution < 1.29 is 19.4 Å². The van der Waals surface area contributed by atoms with Gasteiger partial charge in [-0.25, -0.2) is 4.79 Å². The van der Waals surface area contributed by atoms with Crippen molar-refractivity contribution >= 4 is 28.3 Å². The lowest BCUT2D eigenvalue weighted by Crippen LogP contribution is -2.32. The fraction of sp³-hybridized carbons (Fsp3) is 0.429. The van der Waals surface area contributed by atoms with Crippen LogP contribution in [0.25, 0.3) is 0 Å². The zero-order chi connectivity index (χ0) is 15.3. The van der Waals surface area contributed by atoms with Crippen LogP contribution >= 0.6 is 11.3 Å². The third kappa shape index (κ3) is 3.84. The molecule has 0 bridgehead atoms. The molecule has 0 radical (unpaired) electrons. The minimum absolute atomic E-state index is 0.311. The quantitative estimate of drug-likeness (QED) is 0.619. The van der Waals surface area contributed by atoms with Crippen LogP contribution in [0.15, 0.2) is 18.7 Å². The van der Waals surface area contributed by atoms with E-state index in [1.54, 1.807) is 19.1 Å². The highest BCUT2D eigenvalue weighted by molar-refractivity contribution is 7.16. The van der Waals surface area contributed by atoms with Crippen molar-refractivity contribution in [1.82, 2.24) is 0 Å². The van der Waals surface area contributed by atoms with E-state index in [9.17, 15) is 9.59 Å². The van der Waals surface area contributed by atoms with Crippen molar-refractivity contribution in [3.05, 3.63) is 29.2 Å².